The highest BCUT2D eigenvalue weighted by atomic mass is 32.2. The summed E-state index contributed by atoms with van der Waals surface area (Å²) in [6.45, 7) is 1.84. The first-order chi connectivity index (χ1) is 19.4. The Kier molecular flexibility index (Phi) is 7.80. The van der Waals surface area contributed by atoms with Crippen LogP contribution in [0.1, 0.15) is 41.6 Å². The first-order valence-electron chi connectivity index (χ1n) is 12.9. The highest BCUT2D eigenvalue weighted by Crippen LogP contribution is 2.47. The average molecular weight is 602 g/mol. The van der Waals surface area contributed by atoms with Crippen LogP contribution in [0.3, 0.4) is 0 Å². The van der Waals surface area contributed by atoms with E-state index in [1.807, 2.05) is 0 Å². The lowest BCUT2D eigenvalue weighted by Gasteiger charge is -2.12. The summed E-state index contributed by atoms with van der Waals surface area (Å²) in [7, 11) is -7.46. The van der Waals surface area contributed by atoms with Crippen molar-refractivity contribution in [3.8, 4) is 22.8 Å². The van der Waals surface area contributed by atoms with Crippen molar-refractivity contribution in [2.75, 3.05) is 29.1 Å². The van der Waals surface area contributed by atoms with Crippen molar-refractivity contribution in [1.82, 2.24) is 0 Å². The van der Waals surface area contributed by atoms with Crippen molar-refractivity contribution in [1.29, 1.82) is 0 Å². The average Bonchev–Trinajstić information content (AvgIpc) is 3.69. The first kappa shape index (κ1) is 28.6. The Morgan fingerprint density at radius 3 is 2.20 bits per heavy atom. The fourth-order valence-corrected chi connectivity index (χ4v) is 7.08. The molecule has 0 amide bonds. The molecule has 1 N–H and O–H groups in total. The minimum absolute atomic E-state index is 0.0864. The third kappa shape index (κ3) is 6.88. The van der Waals surface area contributed by atoms with E-state index in [-0.39, 0.29) is 40.9 Å². The van der Waals surface area contributed by atoms with Gasteiger partial charge in [-0.1, -0.05) is 0 Å². The van der Waals surface area contributed by atoms with Gasteiger partial charge in [0.05, 0.1) is 23.8 Å². The van der Waals surface area contributed by atoms with Crippen LogP contribution in [-0.2, 0) is 24.6 Å². The molecule has 1 fully saturated rings. The number of nitrogens with one attached hydrogen (secondary N) is 1. The number of anilines is 1. The van der Waals surface area contributed by atoms with Crippen LogP contribution < -0.4 is 9.46 Å². The monoisotopic (exact) mass is 601 g/mol. The van der Waals surface area contributed by atoms with Crippen LogP contribution in [0.4, 0.5) is 10.1 Å². The summed E-state index contributed by atoms with van der Waals surface area (Å²) in [5.41, 5.74) is 2.01. The summed E-state index contributed by atoms with van der Waals surface area (Å²) in [4.78, 5) is 13.1. The maximum absolute atomic E-state index is 13.2. The number of sulfone groups is 1. The van der Waals surface area contributed by atoms with E-state index < -0.39 is 37.3 Å². The molecule has 12 heteroatoms. The Morgan fingerprint density at radius 2 is 1.61 bits per heavy atom. The molecule has 1 aliphatic carbocycles. The molecular weight excluding hydrogens is 573 g/mol. The molecule has 1 saturated carbocycles. The fraction of sp³-hybridized carbons (Fsp3) is 0.276. The zero-order valence-corrected chi connectivity index (χ0v) is 24.0. The van der Waals surface area contributed by atoms with Gasteiger partial charge in [0.15, 0.2) is 0 Å². The van der Waals surface area contributed by atoms with Crippen LogP contribution in [0.25, 0.3) is 22.3 Å². The van der Waals surface area contributed by atoms with Gasteiger partial charge in [-0.15, -0.1) is 0 Å². The Labute approximate surface area is 237 Å². The van der Waals surface area contributed by atoms with Crippen LogP contribution in [0, 0.1) is 5.82 Å². The molecule has 9 nitrogen and oxygen atoms in total. The van der Waals surface area contributed by atoms with E-state index in [9.17, 15) is 26.0 Å². The molecule has 41 heavy (non-hydrogen) atoms. The maximum Gasteiger partial charge on any atom is 0.342 e. The Morgan fingerprint density at radius 1 is 0.976 bits per heavy atom. The molecule has 0 saturated heterocycles. The minimum Gasteiger partial charge on any atom is -0.462 e. The molecule has 1 aromatic heterocycles. The summed E-state index contributed by atoms with van der Waals surface area (Å²) in [5.74, 6) is -0.797. The molecule has 0 atom stereocenters. The number of furan rings is 1. The van der Waals surface area contributed by atoms with Gasteiger partial charge in [-0.3, -0.25) is 4.72 Å². The molecule has 216 valence electrons. The van der Waals surface area contributed by atoms with Crippen molar-refractivity contribution in [2.45, 2.75) is 25.7 Å². The van der Waals surface area contributed by atoms with Gasteiger partial charge in [-0.05, 0) is 85.8 Å². The van der Waals surface area contributed by atoms with Gasteiger partial charge in [0.25, 0.3) is 0 Å². The van der Waals surface area contributed by atoms with Gasteiger partial charge in [0.1, 0.15) is 44.1 Å². The molecular formula is C29H28FNO8S2. The van der Waals surface area contributed by atoms with Crippen molar-refractivity contribution < 1.29 is 39.9 Å². The van der Waals surface area contributed by atoms with Crippen molar-refractivity contribution in [3.05, 3.63) is 77.6 Å². The summed E-state index contributed by atoms with van der Waals surface area (Å²) in [6, 6.07) is 15.6. The number of esters is 1. The number of sulfonamides is 1. The Bertz CT molecular complexity index is 1810. The van der Waals surface area contributed by atoms with E-state index in [2.05, 4.69) is 4.72 Å². The molecule has 3 aromatic carbocycles. The molecule has 0 spiro atoms. The number of ether oxygens (including phenoxy) is 2. The third-order valence-electron chi connectivity index (χ3n) is 6.51. The maximum atomic E-state index is 13.2. The fourth-order valence-electron chi connectivity index (χ4n) is 4.38. The highest BCUT2D eigenvalue weighted by molar-refractivity contribution is 7.95. The zero-order chi connectivity index (χ0) is 29.4. The molecule has 0 aliphatic heterocycles. The largest absolute Gasteiger partial charge is 0.462 e. The van der Waals surface area contributed by atoms with E-state index in [4.69, 9.17) is 13.9 Å². The summed E-state index contributed by atoms with van der Waals surface area (Å²) in [6.07, 6.45) is 2.67. The number of benzene rings is 3. The molecule has 0 unspecified atom stereocenters. The molecule has 4 aromatic rings. The van der Waals surface area contributed by atoms with Crippen LogP contribution in [-0.4, -0.2) is 47.2 Å². The topological polar surface area (TPSA) is 129 Å². The van der Waals surface area contributed by atoms with Gasteiger partial charge in [-0.2, -0.15) is 0 Å². The predicted molar refractivity (Wildman–Crippen MR) is 153 cm³/mol. The van der Waals surface area contributed by atoms with Crippen LogP contribution in [0.15, 0.2) is 65.1 Å². The molecule has 1 heterocycles. The Hall–Kier alpha value is -3.90. The van der Waals surface area contributed by atoms with Crippen LogP contribution in [0.2, 0.25) is 0 Å². The normalized spacial score (nSPS) is 13.7. The van der Waals surface area contributed by atoms with Crippen LogP contribution >= 0.6 is 0 Å². The molecule has 1 aliphatic rings. The van der Waals surface area contributed by atoms with Gasteiger partial charge in [0, 0.05) is 23.3 Å². The number of halogens is 1. The lowest BCUT2D eigenvalue weighted by Crippen LogP contribution is -2.23. The molecule has 0 radical (unpaired) electrons. The second kappa shape index (κ2) is 11.2. The van der Waals surface area contributed by atoms with E-state index >= 15 is 0 Å². The van der Waals surface area contributed by atoms with Gasteiger partial charge in [-0.25, -0.2) is 26.0 Å². The SMILES string of the molecule is CCOC(=O)c1c(-c2ccc(Oc3ccc(F)cc3)cc2)oc2cc(NS(=O)(=O)CCS(C)(=O)=O)c(C3CC3)cc12. The highest BCUT2D eigenvalue weighted by Gasteiger charge is 2.31. The van der Waals surface area contributed by atoms with E-state index in [0.29, 0.717) is 28.0 Å². The number of carbonyl (C=O) groups is 1. The van der Waals surface area contributed by atoms with E-state index in [1.54, 1.807) is 37.3 Å². The van der Waals surface area contributed by atoms with Crippen molar-refractivity contribution in [2.24, 2.45) is 0 Å². The number of fused-ring (bicyclic) bond motifs is 1. The second-order valence-electron chi connectivity index (χ2n) is 9.87. The quantitative estimate of drug-likeness (QED) is 0.211. The molecule has 0 bridgehead atoms. The van der Waals surface area contributed by atoms with Gasteiger partial charge >= 0.3 is 5.97 Å². The van der Waals surface area contributed by atoms with Crippen molar-refractivity contribution >= 4 is 42.5 Å². The summed E-state index contributed by atoms with van der Waals surface area (Å²) >= 11 is 0. The molecule has 5 rings (SSSR count). The van der Waals surface area contributed by atoms with Crippen molar-refractivity contribution in [3.63, 3.8) is 0 Å². The first-order valence-corrected chi connectivity index (χ1v) is 16.6. The number of hydrogen-bond donors (Lipinski definition) is 1. The van der Waals surface area contributed by atoms with Gasteiger partial charge in [0.2, 0.25) is 10.0 Å². The third-order valence-corrected chi connectivity index (χ3v) is 8.99. The minimum atomic E-state index is -3.98. The number of hydrogen-bond acceptors (Lipinski definition) is 8. The van der Waals surface area contributed by atoms with Gasteiger partial charge < -0.3 is 13.9 Å². The number of carbonyl (C=O) groups excluding carboxylic acids is 1. The van der Waals surface area contributed by atoms with E-state index in [1.165, 1.54) is 30.3 Å². The predicted octanol–water partition coefficient (Wildman–Crippen LogP) is 5.87. The lowest BCUT2D eigenvalue weighted by atomic mass is 10.0. The zero-order valence-electron chi connectivity index (χ0n) is 22.3. The summed E-state index contributed by atoms with van der Waals surface area (Å²) in [5, 5.41) is 0.478. The Balaban J connectivity index is 1.54. The van der Waals surface area contributed by atoms with E-state index in [0.717, 1.165) is 19.1 Å². The number of rotatable bonds is 11. The smallest absolute Gasteiger partial charge is 0.342 e. The second-order valence-corrected chi connectivity index (χ2v) is 14.0. The lowest BCUT2D eigenvalue weighted by molar-refractivity contribution is 0.0528. The summed E-state index contributed by atoms with van der Waals surface area (Å²) < 4.78 is 81.5. The standard InChI is InChI=1S/C29H28FNO8S2/c1-3-37-29(32)27-24-16-23(18-4-5-18)25(31-41(35,36)15-14-40(2,33)34)17-26(24)39-28(27)19-6-10-21(11-7-19)38-22-12-8-20(30)9-13-22/h6-13,16-18,31H,3-5,14-15H2,1-2H3. The van der Waals surface area contributed by atoms with Crippen LogP contribution in [0.5, 0.6) is 11.5 Å².